The number of rotatable bonds is 9. The van der Waals surface area contributed by atoms with Crippen LogP contribution in [0.3, 0.4) is 0 Å². The van der Waals surface area contributed by atoms with Crippen molar-refractivity contribution in [1.29, 1.82) is 0 Å². The highest BCUT2D eigenvalue weighted by Gasteiger charge is 2.54. The number of aromatic nitrogens is 6. The molecule has 0 spiro atoms. The van der Waals surface area contributed by atoms with E-state index in [2.05, 4.69) is 20.6 Å². The van der Waals surface area contributed by atoms with Crippen molar-refractivity contribution in [2.24, 2.45) is 7.05 Å². The molecule has 12 nitrogen and oxygen atoms in total. The van der Waals surface area contributed by atoms with E-state index in [4.69, 9.17) is 14.2 Å². The second-order valence-corrected chi connectivity index (χ2v) is 9.63. The van der Waals surface area contributed by atoms with E-state index in [-0.39, 0.29) is 17.4 Å². The average Bonchev–Trinajstić information content (AvgIpc) is 3.30. The number of aliphatic hydroxyl groups is 1. The zero-order chi connectivity index (χ0) is 26.8. The molecule has 2 atom stereocenters. The van der Waals surface area contributed by atoms with E-state index in [0.717, 1.165) is 0 Å². The number of carbonyl (C=O) groups excluding carboxylic acids is 1. The van der Waals surface area contributed by atoms with E-state index >= 15 is 0 Å². The number of benzene rings is 1. The van der Waals surface area contributed by atoms with Crippen molar-refractivity contribution in [3.8, 4) is 23.0 Å². The minimum Gasteiger partial charge on any atom is -0.484 e. The molecule has 0 fully saturated rings. The maximum absolute atomic E-state index is 11.8. The number of nitrogens with zero attached hydrogens (tertiary/aromatic N) is 6. The van der Waals surface area contributed by atoms with Gasteiger partial charge in [-0.1, -0.05) is 0 Å². The Morgan fingerprint density at radius 1 is 1.19 bits per heavy atom. The lowest BCUT2D eigenvalue weighted by Crippen LogP contribution is -2.59. The molecule has 4 rings (SSSR count). The van der Waals surface area contributed by atoms with Crippen LogP contribution in [0.1, 0.15) is 58.6 Å². The third-order valence-corrected chi connectivity index (χ3v) is 6.66. The SMILES string of the molecule is CCOC(=O)CCCCn1nnnc1-c1ccc2c(c1)[C@@H](Oc1ccc(=O)n(C)n1)[C@](C)(O)C(C)(C)O2. The van der Waals surface area contributed by atoms with E-state index < -0.39 is 17.3 Å². The number of aryl methyl sites for hydroxylation is 2. The van der Waals surface area contributed by atoms with Crippen LogP contribution in [-0.2, 0) is 23.1 Å². The number of hydrogen-bond acceptors (Lipinski definition) is 10. The van der Waals surface area contributed by atoms with Crippen LogP contribution in [0.25, 0.3) is 11.4 Å². The van der Waals surface area contributed by atoms with Gasteiger partial charge in [0.1, 0.15) is 17.0 Å². The number of hydrogen-bond donors (Lipinski definition) is 1. The summed E-state index contributed by atoms with van der Waals surface area (Å²) in [7, 11) is 1.53. The maximum Gasteiger partial charge on any atom is 0.305 e. The van der Waals surface area contributed by atoms with Crippen LogP contribution in [0.5, 0.6) is 11.6 Å². The zero-order valence-electron chi connectivity index (χ0n) is 21.7. The molecular formula is C25H32N6O6. The Morgan fingerprint density at radius 3 is 2.70 bits per heavy atom. The Labute approximate surface area is 214 Å². The van der Waals surface area contributed by atoms with E-state index in [9.17, 15) is 14.7 Å². The second-order valence-electron chi connectivity index (χ2n) is 9.63. The smallest absolute Gasteiger partial charge is 0.305 e. The van der Waals surface area contributed by atoms with Gasteiger partial charge in [0.2, 0.25) is 5.88 Å². The molecule has 3 aromatic rings. The molecule has 1 aliphatic rings. The summed E-state index contributed by atoms with van der Waals surface area (Å²) < 4.78 is 20.2. The fraction of sp³-hybridized carbons (Fsp3) is 0.520. The minimum absolute atomic E-state index is 0.188. The van der Waals surface area contributed by atoms with Gasteiger partial charge in [-0.05, 0) is 69.2 Å². The van der Waals surface area contributed by atoms with Crippen molar-refractivity contribution in [2.45, 2.75) is 70.8 Å². The third kappa shape index (κ3) is 5.33. The summed E-state index contributed by atoms with van der Waals surface area (Å²) in [4.78, 5) is 23.4. The molecule has 2 aromatic heterocycles. The van der Waals surface area contributed by atoms with Gasteiger partial charge in [-0.3, -0.25) is 9.59 Å². The predicted octanol–water partition coefficient (Wildman–Crippen LogP) is 2.21. The molecule has 1 N–H and O–H groups in total. The van der Waals surface area contributed by atoms with E-state index in [0.29, 0.717) is 55.1 Å². The molecule has 0 saturated carbocycles. The van der Waals surface area contributed by atoms with Gasteiger partial charge in [0, 0.05) is 43.3 Å². The molecule has 3 heterocycles. The molecule has 12 heteroatoms. The Hall–Kier alpha value is -3.80. The van der Waals surface area contributed by atoms with E-state index in [1.807, 2.05) is 12.1 Å². The normalized spacial score (nSPS) is 20.1. The highest BCUT2D eigenvalue weighted by Crippen LogP contribution is 2.48. The summed E-state index contributed by atoms with van der Waals surface area (Å²) in [6.07, 6.45) is 0.809. The first-order chi connectivity index (χ1) is 17.5. The second kappa shape index (κ2) is 10.3. The fourth-order valence-electron chi connectivity index (χ4n) is 4.15. The monoisotopic (exact) mass is 512 g/mol. The summed E-state index contributed by atoms with van der Waals surface area (Å²) in [6, 6.07) is 8.30. The first-order valence-corrected chi connectivity index (χ1v) is 12.2. The zero-order valence-corrected chi connectivity index (χ0v) is 21.7. The Kier molecular flexibility index (Phi) is 7.30. The maximum atomic E-state index is 11.8. The number of unbranched alkanes of at least 4 members (excludes halogenated alkanes) is 1. The molecule has 0 amide bonds. The van der Waals surface area contributed by atoms with Crippen molar-refractivity contribution in [3.63, 3.8) is 0 Å². The van der Waals surface area contributed by atoms with Gasteiger partial charge in [0.25, 0.3) is 5.56 Å². The molecule has 1 aromatic carbocycles. The van der Waals surface area contributed by atoms with E-state index in [1.165, 1.54) is 23.9 Å². The predicted molar refractivity (Wildman–Crippen MR) is 132 cm³/mol. The highest BCUT2D eigenvalue weighted by molar-refractivity contribution is 5.69. The van der Waals surface area contributed by atoms with Gasteiger partial charge in [0.05, 0.1) is 6.61 Å². The number of esters is 1. The Morgan fingerprint density at radius 2 is 1.97 bits per heavy atom. The number of tetrazole rings is 1. The summed E-state index contributed by atoms with van der Waals surface area (Å²) in [5, 5.41) is 27.8. The Balaban J connectivity index is 1.63. The van der Waals surface area contributed by atoms with Crippen molar-refractivity contribution in [1.82, 2.24) is 30.0 Å². The molecule has 0 aliphatic carbocycles. The topological polar surface area (TPSA) is 143 Å². The molecule has 0 radical (unpaired) electrons. The molecule has 37 heavy (non-hydrogen) atoms. The summed E-state index contributed by atoms with van der Waals surface area (Å²) in [5.74, 6) is 1.04. The van der Waals surface area contributed by atoms with Crippen molar-refractivity contribution < 1.29 is 24.1 Å². The van der Waals surface area contributed by atoms with Gasteiger partial charge in [0.15, 0.2) is 11.9 Å². The van der Waals surface area contributed by atoms with Gasteiger partial charge >= 0.3 is 5.97 Å². The first-order valence-electron chi connectivity index (χ1n) is 12.2. The Bertz CT molecular complexity index is 1330. The highest BCUT2D eigenvalue weighted by atomic mass is 16.6. The van der Waals surface area contributed by atoms with Crippen LogP contribution in [0, 0.1) is 0 Å². The summed E-state index contributed by atoms with van der Waals surface area (Å²) >= 11 is 0. The molecule has 1 aliphatic heterocycles. The van der Waals surface area contributed by atoms with Crippen LogP contribution in [0.4, 0.5) is 0 Å². The molecule has 0 unspecified atom stereocenters. The summed E-state index contributed by atoms with van der Waals surface area (Å²) in [5.41, 5.74) is -1.44. The first kappa shape index (κ1) is 26.3. The number of fused-ring (bicyclic) bond motifs is 1. The summed E-state index contributed by atoms with van der Waals surface area (Å²) in [6.45, 7) is 7.87. The van der Waals surface area contributed by atoms with Gasteiger partial charge in [-0.2, -0.15) is 0 Å². The molecule has 0 saturated heterocycles. The molecule has 198 valence electrons. The van der Waals surface area contributed by atoms with Crippen LogP contribution in [0.2, 0.25) is 0 Å². The van der Waals surface area contributed by atoms with Gasteiger partial charge < -0.3 is 19.3 Å². The van der Waals surface area contributed by atoms with Crippen LogP contribution < -0.4 is 15.0 Å². The molecular weight excluding hydrogens is 480 g/mol. The van der Waals surface area contributed by atoms with E-state index in [1.54, 1.807) is 38.4 Å². The lowest BCUT2D eigenvalue weighted by atomic mass is 9.76. The minimum atomic E-state index is -1.46. The number of carbonyl (C=O) groups is 1. The lowest BCUT2D eigenvalue weighted by Gasteiger charge is -2.48. The largest absolute Gasteiger partial charge is 0.484 e. The molecule has 0 bridgehead atoms. The van der Waals surface area contributed by atoms with Crippen LogP contribution >= 0.6 is 0 Å². The van der Waals surface area contributed by atoms with Crippen LogP contribution in [0.15, 0.2) is 35.1 Å². The average molecular weight is 513 g/mol. The van der Waals surface area contributed by atoms with Crippen LogP contribution in [-0.4, -0.2) is 58.9 Å². The number of ether oxygens (including phenoxy) is 3. The quantitative estimate of drug-likeness (QED) is 0.335. The standard InChI is InChI=1S/C25H32N6O6/c1-6-35-21(33)9-7-8-14-31-23(26-28-29-31)16-10-11-18-17(15-16)22(25(4,34)24(2,3)37-18)36-19-12-13-20(32)30(5)27-19/h10-13,15,22,34H,6-9,14H2,1-5H3/t22-,25+/m1/s1. The fourth-order valence-corrected chi connectivity index (χ4v) is 4.15. The third-order valence-electron chi connectivity index (χ3n) is 6.66. The van der Waals surface area contributed by atoms with Gasteiger partial charge in [-0.15, -0.1) is 10.2 Å². The van der Waals surface area contributed by atoms with Crippen molar-refractivity contribution in [3.05, 3.63) is 46.2 Å². The van der Waals surface area contributed by atoms with Crippen molar-refractivity contribution in [2.75, 3.05) is 6.61 Å². The lowest BCUT2D eigenvalue weighted by molar-refractivity contribution is -0.175. The van der Waals surface area contributed by atoms with Crippen molar-refractivity contribution >= 4 is 5.97 Å². The van der Waals surface area contributed by atoms with Gasteiger partial charge in [-0.25, -0.2) is 9.36 Å².